The summed E-state index contributed by atoms with van der Waals surface area (Å²) in [6.07, 6.45) is 20.5. The van der Waals surface area contributed by atoms with Crippen LogP contribution in [0.5, 0.6) is 0 Å². The van der Waals surface area contributed by atoms with Gasteiger partial charge in [0.05, 0.1) is 0 Å². The van der Waals surface area contributed by atoms with Crippen LogP contribution in [0.15, 0.2) is 0 Å². The number of amides is 2. The van der Waals surface area contributed by atoms with Crippen molar-refractivity contribution in [2.75, 3.05) is 19.6 Å². The molecule has 2 amide bonds. The van der Waals surface area contributed by atoms with Crippen LogP contribution >= 0.6 is 0 Å². The van der Waals surface area contributed by atoms with Gasteiger partial charge in [-0.2, -0.15) is 0 Å². The number of nitrogens with one attached hydrogen (secondary N) is 1. The molecule has 30 heavy (non-hydrogen) atoms. The van der Waals surface area contributed by atoms with Crippen molar-refractivity contribution in [3.63, 3.8) is 0 Å². The van der Waals surface area contributed by atoms with Crippen molar-refractivity contribution < 1.29 is 9.59 Å². The summed E-state index contributed by atoms with van der Waals surface area (Å²) >= 11 is 0. The molecule has 1 aliphatic heterocycles. The highest BCUT2D eigenvalue weighted by molar-refractivity contribution is 5.87. The Bertz CT molecular complexity index is 442. The molecule has 0 bridgehead atoms. The van der Waals surface area contributed by atoms with E-state index in [9.17, 15) is 9.59 Å². The second-order valence-electron chi connectivity index (χ2n) is 9.02. The molecule has 1 aliphatic rings. The van der Waals surface area contributed by atoms with E-state index in [1.54, 1.807) is 0 Å². The Balaban J connectivity index is 2.16. The maximum Gasteiger partial charge on any atom is 0.242 e. The van der Waals surface area contributed by atoms with E-state index in [4.69, 9.17) is 5.73 Å². The highest BCUT2D eigenvalue weighted by atomic mass is 16.2. The summed E-state index contributed by atoms with van der Waals surface area (Å²) < 4.78 is 0. The molecule has 0 aromatic rings. The van der Waals surface area contributed by atoms with Crippen LogP contribution in [-0.2, 0) is 9.59 Å². The van der Waals surface area contributed by atoms with Crippen LogP contribution in [0, 0.1) is 0 Å². The first-order chi connectivity index (χ1) is 14.7. The van der Waals surface area contributed by atoms with Crippen molar-refractivity contribution in [3.05, 3.63) is 0 Å². The summed E-state index contributed by atoms with van der Waals surface area (Å²) in [5.74, 6) is 0.224. The van der Waals surface area contributed by atoms with Crippen LogP contribution in [0.2, 0.25) is 0 Å². The molecule has 0 radical (unpaired) electrons. The lowest BCUT2D eigenvalue weighted by atomic mass is 10.00. The Kier molecular flexibility index (Phi) is 16.7. The van der Waals surface area contributed by atoms with Gasteiger partial charge in [0.15, 0.2) is 0 Å². The number of nitrogens with two attached hydrogens (primary N) is 1. The van der Waals surface area contributed by atoms with Gasteiger partial charge >= 0.3 is 0 Å². The third-order valence-corrected chi connectivity index (χ3v) is 6.30. The summed E-state index contributed by atoms with van der Waals surface area (Å²) in [6, 6.07) is -0.251. The first-order valence-electron chi connectivity index (χ1n) is 13.0. The average molecular weight is 424 g/mol. The van der Waals surface area contributed by atoms with Crippen molar-refractivity contribution in [1.29, 1.82) is 0 Å². The fraction of sp³-hybridized carbons (Fsp3) is 0.920. The quantitative estimate of drug-likeness (QED) is 0.293. The minimum absolute atomic E-state index is 0.0462. The van der Waals surface area contributed by atoms with E-state index in [-0.39, 0.29) is 17.9 Å². The molecule has 0 aromatic heterocycles. The summed E-state index contributed by atoms with van der Waals surface area (Å²) in [5, 5.41) is 3.06. The number of nitrogens with zero attached hydrogens (tertiary/aromatic N) is 1. The minimum atomic E-state index is -0.251. The standard InChI is InChI=1S/C25H49N3O2/c1-2-3-4-5-6-7-8-9-10-13-19-24(29)28-22-17-14-18-23(28)25(30)27-21-16-12-11-15-20-26/h23H,2-22,26H2,1H3,(H,27,30)/t23-/m1/s1. The number of likely N-dealkylation sites (tertiary alicyclic amines) is 1. The normalized spacial score (nSPS) is 16.6. The molecule has 5 heteroatoms. The fourth-order valence-electron chi connectivity index (χ4n) is 4.36. The third-order valence-electron chi connectivity index (χ3n) is 6.30. The predicted molar refractivity (Wildman–Crippen MR) is 126 cm³/mol. The largest absolute Gasteiger partial charge is 0.354 e. The van der Waals surface area contributed by atoms with Crippen molar-refractivity contribution in [2.24, 2.45) is 5.73 Å². The lowest BCUT2D eigenvalue weighted by Gasteiger charge is -2.35. The lowest BCUT2D eigenvalue weighted by Crippen LogP contribution is -2.52. The second kappa shape index (κ2) is 18.7. The molecule has 1 atom stereocenters. The summed E-state index contributed by atoms with van der Waals surface area (Å²) in [7, 11) is 0. The zero-order valence-corrected chi connectivity index (χ0v) is 19.8. The van der Waals surface area contributed by atoms with Crippen molar-refractivity contribution in [2.45, 2.75) is 129 Å². The van der Waals surface area contributed by atoms with E-state index in [0.717, 1.165) is 70.9 Å². The molecule has 1 fully saturated rings. The molecule has 3 N–H and O–H groups in total. The van der Waals surface area contributed by atoms with Gasteiger partial charge in [0.25, 0.3) is 0 Å². The molecule has 176 valence electrons. The topological polar surface area (TPSA) is 75.4 Å². The summed E-state index contributed by atoms with van der Waals surface area (Å²) in [6.45, 7) is 4.45. The van der Waals surface area contributed by atoms with Crippen LogP contribution in [0.25, 0.3) is 0 Å². The number of piperidine rings is 1. The van der Waals surface area contributed by atoms with E-state index in [1.165, 1.54) is 51.4 Å². The number of rotatable bonds is 18. The van der Waals surface area contributed by atoms with Gasteiger partial charge in [0.2, 0.25) is 11.8 Å². The Morgan fingerprint density at radius 1 is 0.833 bits per heavy atom. The zero-order chi connectivity index (χ0) is 21.9. The Labute approximate surface area is 185 Å². The minimum Gasteiger partial charge on any atom is -0.354 e. The van der Waals surface area contributed by atoms with E-state index in [2.05, 4.69) is 12.2 Å². The molecule has 5 nitrogen and oxygen atoms in total. The monoisotopic (exact) mass is 423 g/mol. The van der Waals surface area contributed by atoms with Crippen molar-refractivity contribution in [1.82, 2.24) is 10.2 Å². The average Bonchev–Trinajstić information content (AvgIpc) is 2.77. The van der Waals surface area contributed by atoms with Crippen LogP contribution < -0.4 is 11.1 Å². The number of hydrogen-bond acceptors (Lipinski definition) is 3. The lowest BCUT2D eigenvalue weighted by molar-refractivity contribution is -0.142. The molecule has 0 unspecified atom stereocenters. The second-order valence-corrected chi connectivity index (χ2v) is 9.02. The molecule has 0 aromatic carbocycles. The van der Waals surface area contributed by atoms with E-state index >= 15 is 0 Å². The van der Waals surface area contributed by atoms with Gasteiger partial charge in [-0.05, 0) is 45.1 Å². The molecular formula is C25H49N3O2. The number of carbonyl (C=O) groups is 2. The van der Waals surface area contributed by atoms with Gasteiger partial charge in [-0.25, -0.2) is 0 Å². The number of carbonyl (C=O) groups excluding carboxylic acids is 2. The Hall–Kier alpha value is -1.10. The summed E-state index contributed by atoms with van der Waals surface area (Å²) in [5.41, 5.74) is 5.51. The smallest absolute Gasteiger partial charge is 0.242 e. The molecule has 0 spiro atoms. The first kappa shape index (κ1) is 26.9. The maximum atomic E-state index is 12.7. The third kappa shape index (κ3) is 12.6. The predicted octanol–water partition coefficient (Wildman–Crippen LogP) is 5.31. The van der Waals surface area contributed by atoms with E-state index < -0.39 is 0 Å². The fourth-order valence-corrected chi connectivity index (χ4v) is 4.36. The van der Waals surface area contributed by atoms with Gasteiger partial charge in [-0.1, -0.05) is 77.6 Å². The van der Waals surface area contributed by atoms with Crippen LogP contribution in [0.1, 0.15) is 122 Å². The summed E-state index contributed by atoms with van der Waals surface area (Å²) in [4.78, 5) is 27.2. The molecule has 1 saturated heterocycles. The maximum absolute atomic E-state index is 12.7. The van der Waals surface area contributed by atoms with E-state index in [1.807, 2.05) is 4.90 Å². The Morgan fingerprint density at radius 2 is 1.43 bits per heavy atom. The van der Waals surface area contributed by atoms with Crippen molar-refractivity contribution in [3.8, 4) is 0 Å². The van der Waals surface area contributed by atoms with Crippen LogP contribution in [-0.4, -0.2) is 42.4 Å². The SMILES string of the molecule is CCCCCCCCCCCCC(=O)N1CCCC[C@@H]1C(=O)NCCCCCCN. The molecule has 0 aliphatic carbocycles. The van der Waals surface area contributed by atoms with Crippen LogP contribution in [0.3, 0.4) is 0 Å². The van der Waals surface area contributed by atoms with Crippen LogP contribution in [0.4, 0.5) is 0 Å². The van der Waals surface area contributed by atoms with Gasteiger partial charge in [-0.15, -0.1) is 0 Å². The Morgan fingerprint density at radius 3 is 2.10 bits per heavy atom. The molecule has 1 rings (SSSR count). The highest BCUT2D eigenvalue weighted by Crippen LogP contribution is 2.20. The van der Waals surface area contributed by atoms with Gasteiger partial charge in [0.1, 0.15) is 6.04 Å². The molecule has 1 heterocycles. The number of unbranched alkanes of at least 4 members (excludes halogenated alkanes) is 12. The van der Waals surface area contributed by atoms with E-state index in [0.29, 0.717) is 13.0 Å². The van der Waals surface area contributed by atoms with Gasteiger partial charge in [0, 0.05) is 19.5 Å². The number of hydrogen-bond donors (Lipinski definition) is 2. The zero-order valence-electron chi connectivity index (χ0n) is 19.8. The molecular weight excluding hydrogens is 374 g/mol. The highest BCUT2D eigenvalue weighted by Gasteiger charge is 2.31. The first-order valence-corrected chi connectivity index (χ1v) is 13.0. The molecule has 0 saturated carbocycles. The van der Waals surface area contributed by atoms with Crippen molar-refractivity contribution >= 4 is 11.8 Å². The van der Waals surface area contributed by atoms with Gasteiger partial charge < -0.3 is 16.0 Å². The van der Waals surface area contributed by atoms with Gasteiger partial charge in [-0.3, -0.25) is 9.59 Å².